The van der Waals surface area contributed by atoms with Gasteiger partial charge in [0.2, 0.25) is 10.0 Å². The summed E-state index contributed by atoms with van der Waals surface area (Å²) in [6, 6.07) is 4.49. The van der Waals surface area contributed by atoms with Gasteiger partial charge in [0.15, 0.2) is 0 Å². The number of hydrogen-bond donors (Lipinski definition) is 1. The molecule has 0 aliphatic carbocycles. The Morgan fingerprint density at radius 3 is 2.47 bits per heavy atom. The summed E-state index contributed by atoms with van der Waals surface area (Å²) in [5.74, 6) is 0. The Morgan fingerprint density at radius 2 is 2.05 bits per heavy atom. The molecule has 0 radical (unpaired) electrons. The average molecular weight is 345 g/mol. The molecule has 8 heteroatoms. The molecule has 110 valence electrons. The normalized spacial score (nSPS) is 13.2. The third-order valence-corrected chi connectivity index (χ3v) is 5.95. The smallest absolute Gasteiger partial charge is 0.243 e. The van der Waals surface area contributed by atoms with E-state index >= 15 is 0 Å². The molecule has 1 unspecified atom stereocenters. The summed E-state index contributed by atoms with van der Waals surface area (Å²) in [6.07, 6.45) is 1.89. The number of sulfonamides is 1. The molecule has 0 heterocycles. The fraction of sp³-hybridized carbons (Fsp3) is 0.455. The van der Waals surface area contributed by atoms with Crippen LogP contribution in [-0.4, -0.2) is 38.6 Å². The minimum Gasteiger partial charge on any atom is -0.329 e. The molecule has 2 N–H and O–H groups in total. The number of thioether (sulfide) groups is 1. The second-order valence-electron chi connectivity index (χ2n) is 3.90. The standard InChI is InChI=1S/C11H17ClN2O2S2.ClH/c1-8(7-13)14(2)18(15,16)9-4-5-11(17-3)10(12)6-9;/h4-6,8H,7,13H2,1-3H3;1H. The van der Waals surface area contributed by atoms with Gasteiger partial charge in [-0.15, -0.1) is 24.2 Å². The van der Waals surface area contributed by atoms with Crippen LogP contribution in [0.5, 0.6) is 0 Å². The van der Waals surface area contributed by atoms with Crippen molar-refractivity contribution in [1.29, 1.82) is 0 Å². The topological polar surface area (TPSA) is 63.4 Å². The van der Waals surface area contributed by atoms with E-state index in [0.29, 0.717) is 5.02 Å². The van der Waals surface area contributed by atoms with E-state index < -0.39 is 10.0 Å². The first-order chi connectivity index (χ1) is 8.34. The van der Waals surface area contributed by atoms with Crippen LogP contribution < -0.4 is 5.73 Å². The first kappa shape index (κ1) is 19.0. The Labute approximate surface area is 130 Å². The summed E-state index contributed by atoms with van der Waals surface area (Å²) >= 11 is 7.50. The quantitative estimate of drug-likeness (QED) is 0.833. The Hall–Kier alpha value is 0.0200. The van der Waals surface area contributed by atoms with Crippen molar-refractivity contribution >= 4 is 45.8 Å². The van der Waals surface area contributed by atoms with Crippen molar-refractivity contribution in [3.63, 3.8) is 0 Å². The van der Waals surface area contributed by atoms with Crippen molar-refractivity contribution in [1.82, 2.24) is 4.31 Å². The van der Waals surface area contributed by atoms with E-state index in [-0.39, 0.29) is 29.9 Å². The number of nitrogens with zero attached hydrogens (tertiary/aromatic N) is 1. The van der Waals surface area contributed by atoms with Crippen LogP contribution in [0.25, 0.3) is 0 Å². The van der Waals surface area contributed by atoms with Crippen LogP contribution in [0.4, 0.5) is 0 Å². The Bertz CT molecular complexity index is 523. The van der Waals surface area contributed by atoms with Crippen LogP contribution in [0.15, 0.2) is 28.0 Å². The van der Waals surface area contributed by atoms with Crippen LogP contribution in [0.3, 0.4) is 0 Å². The Morgan fingerprint density at radius 1 is 1.47 bits per heavy atom. The van der Waals surface area contributed by atoms with E-state index in [9.17, 15) is 8.42 Å². The molecule has 1 rings (SSSR count). The SMILES string of the molecule is CSc1ccc(S(=O)(=O)N(C)C(C)CN)cc1Cl.Cl. The van der Waals surface area contributed by atoms with Gasteiger partial charge in [0, 0.05) is 24.5 Å². The summed E-state index contributed by atoms with van der Waals surface area (Å²) in [5, 5.41) is 0.442. The molecule has 0 amide bonds. The molecular formula is C11H18Cl2N2O2S2. The van der Waals surface area contributed by atoms with E-state index in [2.05, 4.69) is 0 Å². The molecule has 19 heavy (non-hydrogen) atoms. The maximum Gasteiger partial charge on any atom is 0.243 e. The highest BCUT2D eigenvalue weighted by molar-refractivity contribution is 7.98. The molecule has 0 aliphatic rings. The number of nitrogens with two attached hydrogens (primary N) is 1. The summed E-state index contributed by atoms with van der Waals surface area (Å²) in [5.41, 5.74) is 5.49. The lowest BCUT2D eigenvalue weighted by Crippen LogP contribution is -2.39. The minimum absolute atomic E-state index is 0. The van der Waals surface area contributed by atoms with Gasteiger partial charge in [-0.25, -0.2) is 8.42 Å². The highest BCUT2D eigenvalue weighted by Gasteiger charge is 2.25. The number of rotatable bonds is 5. The molecule has 4 nitrogen and oxygen atoms in total. The number of likely N-dealkylation sites (N-methyl/N-ethyl adjacent to an activating group) is 1. The van der Waals surface area contributed by atoms with Gasteiger partial charge in [-0.05, 0) is 31.4 Å². The minimum atomic E-state index is -3.54. The molecular weight excluding hydrogens is 327 g/mol. The van der Waals surface area contributed by atoms with Crippen LogP contribution in [0.1, 0.15) is 6.92 Å². The van der Waals surface area contributed by atoms with Crippen molar-refractivity contribution in [2.24, 2.45) is 5.73 Å². The maximum absolute atomic E-state index is 12.3. The van der Waals surface area contributed by atoms with Crippen LogP contribution in [0, 0.1) is 0 Å². The predicted octanol–water partition coefficient (Wildman–Crippen LogP) is 2.45. The van der Waals surface area contributed by atoms with E-state index in [0.717, 1.165) is 4.90 Å². The maximum atomic E-state index is 12.3. The van der Waals surface area contributed by atoms with Gasteiger partial charge in [0.25, 0.3) is 0 Å². The van der Waals surface area contributed by atoms with Gasteiger partial charge in [0.1, 0.15) is 0 Å². The third kappa shape index (κ3) is 4.24. The van der Waals surface area contributed by atoms with E-state index in [1.165, 1.54) is 29.2 Å². The predicted molar refractivity (Wildman–Crippen MR) is 83.9 cm³/mol. The second kappa shape index (κ2) is 7.71. The molecule has 0 saturated carbocycles. The van der Waals surface area contributed by atoms with Crippen LogP contribution in [0.2, 0.25) is 5.02 Å². The summed E-state index contributed by atoms with van der Waals surface area (Å²) in [7, 11) is -2.02. The van der Waals surface area contributed by atoms with Gasteiger partial charge in [-0.2, -0.15) is 4.31 Å². The van der Waals surface area contributed by atoms with Gasteiger partial charge >= 0.3 is 0 Å². The molecule has 0 bridgehead atoms. The monoisotopic (exact) mass is 344 g/mol. The van der Waals surface area contributed by atoms with Gasteiger partial charge in [0.05, 0.1) is 9.92 Å². The first-order valence-electron chi connectivity index (χ1n) is 5.36. The lowest BCUT2D eigenvalue weighted by atomic mass is 10.4. The van der Waals surface area contributed by atoms with Gasteiger partial charge in [-0.3, -0.25) is 0 Å². The summed E-state index contributed by atoms with van der Waals surface area (Å²) in [4.78, 5) is 1.04. The highest BCUT2D eigenvalue weighted by Crippen LogP contribution is 2.28. The Kier molecular flexibility index (Phi) is 7.72. The lowest BCUT2D eigenvalue weighted by Gasteiger charge is -2.23. The number of hydrogen-bond acceptors (Lipinski definition) is 4. The molecule has 0 fully saturated rings. The lowest BCUT2D eigenvalue weighted by molar-refractivity contribution is 0.394. The van der Waals surface area contributed by atoms with Crippen molar-refractivity contribution in [3.8, 4) is 0 Å². The van der Waals surface area contributed by atoms with Crippen molar-refractivity contribution in [2.45, 2.75) is 22.8 Å². The van der Waals surface area contributed by atoms with E-state index in [4.69, 9.17) is 17.3 Å². The average Bonchev–Trinajstić information content (AvgIpc) is 2.36. The van der Waals surface area contributed by atoms with E-state index in [1.54, 1.807) is 19.1 Å². The molecule has 0 saturated heterocycles. The zero-order valence-corrected chi connectivity index (χ0v) is 14.2. The first-order valence-corrected chi connectivity index (χ1v) is 8.40. The van der Waals surface area contributed by atoms with Crippen LogP contribution >= 0.6 is 35.8 Å². The van der Waals surface area contributed by atoms with Crippen LogP contribution in [-0.2, 0) is 10.0 Å². The third-order valence-electron chi connectivity index (χ3n) is 2.76. The molecule has 0 aliphatic heterocycles. The van der Waals surface area contributed by atoms with E-state index in [1.807, 2.05) is 6.26 Å². The van der Waals surface area contributed by atoms with Gasteiger partial charge < -0.3 is 5.73 Å². The van der Waals surface area contributed by atoms with Crippen molar-refractivity contribution in [2.75, 3.05) is 19.8 Å². The van der Waals surface area contributed by atoms with Gasteiger partial charge in [-0.1, -0.05) is 11.6 Å². The molecule has 0 spiro atoms. The van der Waals surface area contributed by atoms with Crippen molar-refractivity contribution < 1.29 is 8.42 Å². The fourth-order valence-electron chi connectivity index (χ4n) is 1.36. The molecule has 0 aromatic heterocycles. The zero-order valence-electron chi connectivity index (χ0n) is 11.0. The Balaban J connectivity index is 0.00000324. The summed E-state index contributed by atoms with van der Waals surface area (Å²) in [6.45, 7) is 2.03. The zero-order chi connectivity index (χ0) is 13.9. The second-order valence-corrected chi connectivity index (χ2v) is 7.16. The molecule has 1 atom stereocenters. The fourth-order valence-corrected chi connectivity index (χ4v) is 3.69. The summed E-state index contributed by atoms with van der Waals surface area (Å²) < 4.78 is 25.8. The molecule has 1 aromatic rings. The number of benzene rings is 1. The molecule has 1 aromatic carbocycles. The largest absolute Gasteiger partial charge is 0.329 e. The number of halogens is 2. The van der Waals surface area contributed by atoms with Crippen molar-refractivity contribution in [3.05, 3.63) is 23.2 Å². The highest BCUT2D eigenvalue weighted by atomic mass is 35.5.